The van der Waals surface area contributed by atoms with Crippen molar-refractivity contribution in [3.05, 3.63) is 24.3 Å². The van der Waals surface area contributed by atoms with E-state index in [1.54, 1.807) is 11.0 Å². The van der Waals surface area contributed by atoms with Crippen LogP contribution in [0, 0.1) is 0 Å². The van der Waals surface area contributed by atoms with E-state index in [9.17, 15) is 9.90 Å². The minimum Gasteiger partial charge on any atom is -0.396 e. The van der Waals surface area contributed by atoms with Crippen molar-refractivity contribution in [2.45, 2.75) is 18.5 Å². The van der Waals surface area contributed by atoms with E-state index in [-0.39, 0.29) is 37.9 Å². The van der Waals surface area contributed by atoms with Gasteiger partial charge in [0.15, 0.2) is 0 Å². The molecule has 2 unspecified atom stereocenters. The van der Waals surface area contributed by atoms with Gasteiger partial charge in [-0.2, -0.15) is 5.06 Å². The molecule has 0 saturated carbocycles. The molecule has 2 aliphatic heterocycles. The van der Waals surface area contributed by atoms with Crippen LogP contribution in [-0.4, -0.2) is 64.7 Å². The zero-order valence-electron chi connectivity index (χ0n) is 10.2. The molecule has 0 radical (unpaired) electrons. The van der Waals surface area contributed by atoms with E-state index < -0.39 is 0 Å². The molecule has 100 valence electrons. The molecule has 6 nitrogen and oxygen atoms in total. The van der Waals surface area contributed by atoms with Gasteiger partial charge in [-0.05, 0) is 12.0 Å². The smallest absolute Gasteiger partial charge is 0.345 e. The number of amides is 2. The molecule has 2 N–H and O–H groups in total. The number of aliphatic hydroxyl groups excluding tert-OH is 2. The minimum absolute atomic E-state index is 0.00456. The number of hydroxylamine groups is 2. The van der Waals surface area contributed by atoms with Crippen LogP contribution < -0.4 is 0 Å². The molecular formula is C12H18N2O4. The molecule has 2 aliphatic rings. The van der Waals surface area contributed by atoms with E-state index in [4.69, 9.17) is 9.94 Å². The third kappa shape index (κ3) is 2.14. The summed E-state index contributed by atoms with van der Waals surface area (Å²) in [4.78, 5) is 19.0. The second-order valence-corrected chi connectivity index (χ2v) is 4.33. The Bertz CT molecular complexity index is 369. The molecule has 2 atom stereocenters. The highest BCUT2D eigenvalue weighted by Crippen LogP contribution is 2.30. The zero-order valence-corrected chi connectivity index (χ0v) is 10.2. The Hall–Kier alpha value is -1.37. The highest BCUT2D eigenvalue weighted by atomic mass is 16.7. The molecule has 0 aromatic rings. The summed E-state index contributed by atoms with van der Waals surface area (Å²) >= 11 is 0. The average molecular weight is 254 g/mol. The van der Waals surface area contributed by atoms with Crippen LogP contribution in [0.3, 0.4) is 0 Å². The van der Waals surface area contributed by atoms with E-state index in [2.05, 4.69) is 6.58 Å². The van der Waals surface area contributed by atoms with Crippen LogP contribution in [0.25, 0.3) is 0 Å². The van der Waals surface area contributed by atoms with Gasteiger partial charge in [0.2, 0.25) is 0 Å². The summed E-state index contributed by atoms with van der Waals surface area (Å²) in [5.41, 5.74) is 0.884. The number of aliphatic hydroxyl groups is 2. The molecule has 2 bridgehead atoms. The number of rotatable bonds is 6. The van der Waals surface area contributed by atoms with Gasteiger partial charge in [-0.15, -0.1) is 6.58 Å². The summed E-state index contributed by atoms with van der Waals surface area (Å²) in [5.74, 6) is 0. The van der Waals surface area contributed by atoms with Crippen LogP contribution >= 0.6 is 0 Å². The Kier molecular flexibility index (Phi) is 4.00. The Morgan fingerprint density at radius 2 is 2.33 bits per heavy atom. The number of fused-ring (bicyclic) bond motifs is 2. The first-order valence-corrected chi connectivity index (χ1v) is 5.98. The molecule has 1 fully saturated rings. The fourth-order valence-electron chi connectivity index (χ4n) is 2.44. The van der Waals surface area contributed by atoms with E-state index >= 15 is 0 Å². The lowest BCUT2D eigenvalue weighted by molar-refractivity contribution is -0.107. The molecule has 2 amide bonds. The van der Waals surface area contributed by atoms with Gasteiger partial charge < -0.3 is 15.1 Å². The van der Waals surface area contributed by atoms with Crippen molar-refractivity contribution in [3.63, 3.8) is 0 Å². The molecule has 0 aromatic heterocycles. The standard InChI is InChI=1S/C12H18N2O4/c1-2-5-18-14-10-6-9(3-4-15)11(8-16)13(7-10)12(14)17/h2,6,10-11,15-16H,1,3-5,7-8H2. The van der Waals surface area contributed by atoms with E-state index in [1.165, 1.54) is 5.06 Å². The number of hydrogen-bond acceptors (Lipinski definition) is 4. The van der Waals surface area contributed by atoms with Crippen LogP contribution in [0.2, 0.25) is 0 Å². The van der Waals surface area contributed by atoms with Gasteiger partial charge in [-0.25, -0.2) is 4.79 Å². The lowest BCUT2D eigenvalue weighted by atomic mass is 9.97. The van der Waals surface area contributed by atoms with E-state index in [0.29, 0.717) is 13.0 Å². The lowest BCUT2D eigenvalue weighted by Crippen LogP contribution is -2.43. The third-order valence-corrected chi connectivity index (χ3v) is 3.23. The fraction of sp³-hybridized carbons (Fsp3) is 0.583. The first-order chi connectivity index (χ1) is 8.72. The van der Waals surface area contributed by atoms with Crippen molar-refractivity contribution in [2.75, 3.05) is 26.4 Å². The van der Waals surface area contributed by atoms with Crippen LogP contribution in [0.15, 0.2) is 24.3 Å². The van der Waals surface area contributed by atoms with Gasteiger partial charge in [-0.1, -0.05) is 12.2 Å². The molecule has 1 saturated heterocycles. The summed E-state index contributed by atoms with van der Waals surface area (Å²) in [6, 6.07) is -0.745. The van der Waals surface area contributed by atoms with Crippen molar-refractivity contribution in [1.29, 1.82) is 0 Å². The number of urea groups is 1. The average Bonchev–Trinajstić information content (AvgIpc) is 2.61. The normalized spacial score (nSPS) is 26.6. The molecule has 0 aliphatic carbocycles. The first kappa shape index (κ1) is 13.1. The van der Waals surface area contributed by atoms with Gasteiger partial charge in [0.05, 0.1) is 25.3 Å². The number of carbonyl (C=O) groups excluding carboxylic acids is 1. The highest BCUT2D eigenvalue weighted by Gasteiger charge is 2.45. The van der Waals surface area contributed by atoms with Crippen molar-refractivity contribution >= 4 is 6.03 Å². The first-order valence-electron chi connectivity index (χ1n) is 5.98. The minimum atomic E-state index is -0.349. The monoisotopic (exact) mass is 254 g/mol. The second kappa shape index (κ2) is 5.51. The molecule has 18 heavy (non-hydrogen) atoms. The van der Waals surface area contributed by atoms with Crippen LogP contribution in [0.1, 0.15) is 6.42 Å². The van der Waals surface area contributed by atoms with E-state index in [1.807, 2.05) is 6.08 Å². The van der Waals surface area contributed by atoms with Gasteiger partial charge in [0, 0.05) is 13.2 Å². The van der Waals surface area contributed by atoms with Crippen molar-refractivity contribution < 1.29 is 19.8 Å². The summed E-state index contributed by atoms with van der Waals surface area (Å²) in [6.45, 7) is 4.18. The van der Waals surface area contributed by atoms with Crippen molar-refractivity contribution in [3.8, 4) is 0 Å². The molecule has 2 heterocycles. The summed E-state index contributed by atoms with van der Waals surface area (Å²) in [5, 5.41) is 19.7. The van der Waals surface area contributed by atoms with Crippen LogP contribution in [0.4, 0.5) is 4.79 Å². The summed E-state index contributed by atoms with van der Waals surface area (Å²) in [7, 11) is 0. The van der Waals surface area contributed by atoms with Crippen LogP contribution in [0.5, 0.6) is 0 Å². The van der Waals surface area contributed by atoms with Crippen LogP contribution in [-0.2, 0) is 4.84 Å². The Morgan fingerprint density at radius 3 is 2.94 bits per heavy atom. The molecule has 6 heteroatoms. The number of carbonyl (C=O) groups is 1. The molecule has 0 aromatic carbocycles. The summed E-state index contributed by atoms with van der Waals surface area (Å²) < 4.78 is 0. The largest absolute Gasteiger partial charge is 0.396 e. The summed E-state index contributed by atoms with van der Waals surface area (Å²) in [6.07, 6.45) is 3.94. The maximum atomic E-state index is 12.1. The third-order valence-electron chi connectivity index (χ3n) is 3.23. The highest BCUT2D eigenvalue weighted by molar-refractivity contribution is 5.78. The van der Waals surface area contributed by atoms with Gasteiger partial charge >= 0.3 is 6.03 Å². The Morgan fingerprint density at radius 1 is 1.56 bits per heavy atom. The maximum absolute atomic E-state index is 12.1. The van der Waals surface area contributed by atoms with Crippen molar-refractivity contribution in [2.24, 2.45) is 0 Å². The quantitative estimate of drug-likeness (QED) is 0.649. The predicted octanol–water partition coefficient (Wildman–Crippen LogP) is -0.106. The molecular weight excluding hydrogens is 236 g/mol. The molecule has 0 spiro atoms. The van der Waals surface area contributed by atoms with Gasteiger partial charge in [0.25, 0.3) is 0 Å². The maximum Gasteiger partial charge on any atom is 0.345 e. The van der Waals surface area contributed by atoms with Gasteiger partial charge in [0.1, 0.15) is 0 Å². The SMILES string of the molecule is C=CCON1C(=O)N2CC1C=C(CCO)C2CO. The van der Waals surface area contributed by atoms with Gasteiger partial charge in [-0.3, -0.25) is 4.84 Å². The van der Waals surface area contributed by atoms with Crippen molar-refractivity contribution in [1.82, 2.24) is 9.96 Å². The Labute approximate surface area is 106 Å². The topological polar surface area (TPSA) is 73.2 Å². The fourth-order valence-corrected chi connectivity index (χ4v) is 2.44. The molecule has 2 rings (SSSR count). The van der Waals surface area contributed by atoms with E-state index in [0.717, 1.165) is 5.57 Å². The number of hydrogen-bond donors (Lipinski definition) is 2. The predicted molar refractivity (Wildman–Crippen MR) is 64.5 cm³/mol. The lowest BCUT2D eigenvalue weighted by Gasteiger charge is -2.30. The Balaban J connectivity index is 2.18. The number of nitrogens with zero attached hydrogens (tertiary/aromatic N) is 2. The second-order valence-electron chi connectivity index (χ2n) is 4.33. The zero-order chi connectivity index (χ0) is 13.1.